The van der Waals surface area contributed by atoms with E-state index >= 15 is 0 Å². The quantitative estimate of drug-likeness (QED) is 0.333. The normalized spacial score (nSPS) is 24.4. The Kier molecular flexibility index (Phi) is 5.81. The summed E-state index contributed by atoms with van der Waals surface area (Å²) in [6.07, 6.45) is 0.680. The van der Waals surface area contributed by atoms with Crippen molar-refractivity contribution in [1.29, 1.82) is 0 Å². The van der Waals surface area contributed by atoms with Crippen molar-refractivity contribution in [1.82, 2.24) is 9.80 Å². The second kappa shape index (κ2) is 8.76. The van der Waals surface area contributed by atoms with E-state index < -0.39 is 23.9 Å². The summed E-state index contributed by atoms with van der Waals surface area (Å²) in [6, 6.07) is 18.7. The minimum Gasteiger partial charge on any atom is -0.303 e. The van der Waals surface area contributed by atoms with Gasteiger partial charge >= 0.3 is 6.03 Å². The molecule has 2 aliphatic rings. The van der Waals surface area contributed by atoms with E-state index in [1.165, 1.54) is 16.2 Å². The van der Waals surface area contributed by atoms with E-state index in [1.807, 2.05) is 54.8 Å². The smallest absolute Gasteiger partial charge is 0.303 e. The highest BCUT2D eigenvalue weighted by Gasteiger charge is 2.63. The molecule has 2 aromatic carbocycles. The molecular formula is C26H23ClN2O3S. The van der Waals surface area contributed by atoms with Crippen LogP contribution in [0.3, 0.4) is 0 Å². The van der Waals surface area contributed by atoms with Crippen LogP contribution in [0.25, 0.3) is 0 Å². The van der Waals surface area contributed by atoms with Crippen LogP contribution in [0.15, 0.2) is 72.1 Å². The van der Waals surface area contributed by atoms with Crippen LogP contribution in [0.2, 0.25) is 5.02 Å². The van der Waals surface area contributed by atoms with Gasteiger partial charge in [-0.3, -0.25) is 14.5 Å². The zero-order chi connectivity index (χ0) is 23.1. The summed E-state index contributed by atoms with van der Waals surface area (Å²) in [4.78, 5) is 45.0. The van der Waals surface area contributed by atoms with Gasteiger partial charge in [0.25, 0.3) is 5.91 Å². The molecular weight excluding hydrogens is 456 g/mol. The second-order valence-corrected chi connectivity index (χ2v) is 9.83. The number of rotatable bonds is 6. The van der Waals surface area contributed by atoms with Crippen molar-refractivity contribution >= 4 is 40.7 Å². The minimum absolute atomic E-state index is 0.0639. The van der Waals surface area contributed by atoms with Crippen LogP contribution >= 0.6 is 22.9 Å². The molecule has 0 N–H and O–H groups in total. The minimum atomic E-state index is -0.727. The van der Waals surface area contributed by atoms with Crippen LogP contribution in [0.4, 0.5) is 4.79 Å². The lowest BCUT2D eigenvalue weighted by Gasteiger charge is -2.27. The Labute approximate surface area is 201 Å². The van der Waals surface area contributed by atoms with E-state index in [2.05, 4.69) is 0 Å². The average molecular weight is 479 g/mol. The lowest BCUT2D eigenvalue weighted by atomic mass is 9.77. The van der Waals surface area contributed by atoms with Gasteiger partial charge in [0, 0.05) is 27.9 Å². The molecule has 3 heterocycles. The van der Waals surface area contributed by atoms with Crippen molar-refractivity contribution in [3.05, 3.63) is 93.1 Å². The first-order chi connectivity index (χ1) is 16.0. The zero-order valence-electron chi connectivity index (χ0n) is 18.1. The fourth-order valence-corrected chi connectivity index (χ4v) is 6.19. The number of thiophene rings is 1. The summed E-state index contributed by atoms with van der Waals surface area (Å²) in [7, 11) is 0. The molecule has 168 valence electrons. The number of halogens is 1. The van der Waals surface area contributed by atoms with Gasteiger partial charge in [-0.15, -0.1) is 11.3 Å². The number of carbonyl (C=O) groups is 3. The number of imide groups is 1. The Bertz CT molecular complexity index is 1180. The van der Waals surface area contributed by atoms with E-state index in [0.29, 0.717) is 23.6 Å². The predicted octanol–water partition coefficient (Wildman–Crippen LogP) is 5.78. The number of hydrogen-bond acceptors (Lipinski definition) is 4. The van der Waals surface area contributed by atoms with Crippen molar-refractivity contribution in [2.45, 2.75) is 31.3 Å². The molecule has 0 bridgehead atoms. The van der Waals surface area contributed by atoms with E-state index in [-0.39, 0.29) is 17.7 Å². The molecule has 0 saturated carbocycles. The monoisotopic (exact) mass is 478 g/mol. The molecule has 2 fully saturated rings. The highest BCUT2D eigenvalue weighted by Crippen LogP contribution is 2.54. The van der Waals surface area contributed by atoms with Gasteiger partial charge in [-0.1, -0.05) is 67.1 Å². The molecule has 3 aromatic rings. The molecule has 3 amide bonds. The molecule has 4 unspecified atom stereocenters. The van der Waals surface area contributed by atoms with Gasteiger partial charge in [-0.2, -0.15) is 0 Å². The number of benzene rings is 2. The number of hydrogen-bond donors (Lipinski definition) is 0. The topological polar surface area (TPSA) is 57.7 Å². The Morgan fingerprint density at radius 1 is 0.970 bits per heavy atom. The maximum atomic E-state index is 14.0. The van der Waals surface area contributed by atoms with Crippen molar-refractivity contribution in [2.75, 3.05) is 6.54 Å². The maximum Gasteiger partial charge on any atom is 0.328 e. The number of carbonyl (C=O) groups excluding carboxylic acids is 3. The molecule has 0 aliphatic carbocycles. The van der Waals surface area contributed by atoms with Gasteiger partial charge in [-0.25, -0.2) is 4.79 Å². The summed E-state index contributed by atoms with van der Waals surface area (Å²) in [5, 5.41) is 2.52. The van der Waals surface area contributed by atoms with Gasteiger partial charge in [0.2, 0.25) is 0 Å². The van der Waals surface area contributed by atoms with Crippen LogP contribution in [0, 0.1) is 5.92 Å². The molecule has 0 radical (unpaired) electrons. The summed E-state index contributed by atoms with van der Waals surface area (Å²) >= 11 is 7.65. The third kappa shape index (κ3) is 3.58. The summed E-state index contributed by atoms with van der Waals surface area (Å²) in [5.41, 5.74) is 1.41. The Hall–Kier alpha value is -2.96. The van der Waals surface area contributed by atoms with Crippen LogP contribution in [-0.4, -0.2) is 40.1 Å². The largest absolute Gasteiger partial charge is 0.328 e. The number of amides is 3. The standard InChI is InChI=1S/C26H23ClN2O3S/c1-2-14-28-25(31)23-20(16-10-12-18(27)13-11-16)21(24(30)17-7-4-3-5-8-17)22(29(23)26(28)32)19-9-6-15-33-19/h3-13,15,20-23H,2,14H2,1H3. The van der Waals surface area contributed by atoms with Gasteiger partial charge in [0.1, 0.15) is 6.04 Å². The zero-order valence-corrected chi connectivity index (χ0v) is 19.6. The molecule has 7 heteroatoms. The molecule has 2 aliphatic heterocycles. The molecule has 4 atom stereocenters. The Morgan fingerprint density at radius 2 is 1.70 bits per heavy atom. The third-order valence-electron chi connectivity index (χ3n) is 6.54. The van der Waals surface area contributed by atoms with E-state index in [0.717, 1.165) is 10.4 Å². The molecule has 5 nitrogen and oxygen atoms in total. The number of nitrogens with zero attached hydrogens (tertiary/aromatic N) is 2. The molecule has 2 saturated heterocycles. The van der Waals surface area contributed by atoms with Gasteiger partial charge < -0.3 is 4.90 Å². The van der Waals surface area contributed by atoms with E-state index in [1.54, 1.807) is 29.2 Å². The third-order valence-corrected chi connectivity index (χ3v) is 7.73. The van der Waals surface area contributed by atoms with E-state index in [4.69, 9.17) is 11.6 Å². The molecule has 1 aromatic heterocycles. The van der Waals surface area contributed by atoms with Crippen LogP contribution in [0.1, 0.15) is 46.1 Å². The van der Waals surface area contributed by atoms with Crippen molar-refractivity contribution in [2.24, 2.45) is 5.92 Å². The van der Waals surface area contributed by atoms with Crippen LogP contribution < -0.4 is 0 Å². The first-order valence-corrected chi connectivity index (χ1v) is 12.3. The summed E-state index contributed by atoms with van der Waals surface area (Å²) < 4.78 is 0. The first-order valence-electron chi connectivity index (χ1n) is 11.0. The number of urea groups is 1. The summed E-state index contributed by atoms with van der Waals surface area (Å²) in [6.45, 7) is 2.31. The first kappa shape index (κ1) is 21.9. The van der Waals surface area contributed by atoms with Crippen molar-refractivity contribution in [3.63, 3.8) is 0 Å². The van der Waals surface area contributed by atoms with Crippen molar-refractivity contribution in [3.8, 4) is 0 Å². The highest BCUT2D eigenvalue weighted by molar-refractivity contribution is 7.10. The van der Waals surface area contributed by atoms with Crippen LogP contribution in [0.5, 0.6) is 0 Å². The SMILES string of the molecule is CCCN1C(=O)C2C(c3ccc(Cl)cc3)C(C(=O)c3ccccc3)C(c3cccs3)N2C1=O. The molecule has 5 rings (SSSR count). The number of ketones is 1. The maximum absolute atomic E-state index is 14.0. The number of fused-ring (bicyclic) bond motifs is 1. The summed E-state index contributed by atoms with van der Waals surface area (Å²) in [5.74, 6) is -1.35. The van der Waals surface area contributed by atoms with Crippen molar-refractivity contribution < 1.29 is 14.4 Å². The van der Waals surface area contributed by atoms with Gasteiger partial charge in [-0.05, 0) is 35.6 Å². The average Bonchev–Trinajstić information content (AvgIpc) is 3.53. The fraction of sp³-hybridized carbons (Fsp3) is 0.269. The van der Waals surface area contributed by atoms with Gasteiger partial charge in [0.15, 0.2) is 5.78 Å². The van der Waals surface area contributed by atoms with E-state index in [9.17, 15) is 14.4 Å². The number of Topliss-reactive ketones (excluding diaryl/α,β-unsaturated/α-hetero) is 1. The van der Waals surface area contributed by atoms with Crippen LogP contribution in [-0.2, 0) is 4.79 Å². The Morgan fingerprint density at radius 3 is 2.33 bits per heavy atom. The Balaban J connectivity index is 1.70. The molecule has 33 heavy (non-hydrogen) atoms. The lowest BCUT2D eigenvalue weighted by molar-refractivity contribution is -0.128. The lowest BCUT2D eigenvalue weighted by Crippen LogP contribution is -2.38. The predicted molar refractivity (Wildman–Crippen MR) is 129 cm³/mol. The second-order valence-electron chi connectivity index (χ2n) is 8.42. The fourth-order valence-electron chi connectivity index (χ4n) is 5.19. The van der Waals surface area contributed by atoms with Gasteiger partial charge in [0.05, 0.1) is 12.0 Å². The highest BCUT2D eigenvalue weighted by atomic mass is 35.5. The molecule has 0 spiro atoms.